The van der Waals surface area contributed by atoms with Crippen LogP contribution in [0.3, 0.4) is 0 Å². The second kappa shape index (κ2) is 5.94. The van der Waals surface area contributed by atoms with Crippen LogP contribution in [0.5, 0.6) is 0 Å². The van der Waals surface area contributed by atoms with Gasteiger partial charge in [-0.05, 0) is 51.3 Å². The molecule has 3 rings (SSSR count). The second-order valence-corrected chi connectivity index (χ2v) is 5.87. The molecular formula is C16H10BrClN2O2. The summed E-state index contributed by atoms with van der Waals surface area (Å²) in [5.41, 5.74) is 2.84. The summed E-state index contributed by atoms with van der Waals surface area (Å²) in [7, 11) is 0. The first-order valence-corrected chi connectivity index (χ1v) is 7.57. The molecule has 0 spiro atoms. The van der Waals surface area contributed by atoms with E-state index in [-0.39, 0.29) is 5.69 Å². The number of nitrogens with zero attached hydrogens (tertiary/aromatic N) is 2. The highest BCUT2D eigenvalue weighted by molar-refractivity contribution is 9.10. The van der Waals surface area contributed by atoms with E-state index < -0.39 is 5.97 Å². The fourth-order valence-corrected chi connectivity index (χ4v) is 2.64. The molecule has 0 saturated heterocycles. The van der Waals surface area contributed by atoms with E-state index in [0.29, 0.717) is 15.3 Å². The molecule has 0 aliphatic carbocycles. The lowest BCUT2D eigenvalue weighted by Crippen LogP contribution is -2.07. The van der Waals surface area contributed by atoms with Crippen LogP contribution in [0.15, 0.2) is 59.2 Å². The quantitative estimate of drug-likeness (QED) is 0.722. The largest absolute Gasteiger partial charge is 0.477 e. The van der Waals surface area contributed by atoms with Gasteiger partial charge in [-0.15, -0.1) is 0 Å². The minimum Gasteiger partial charge on any atom is -0.477 e. The number of hydrogen-bond donors (Lipinski definition) is 1. The molecule has 4 nitrogen and oxygen atoms in total. The van der Waals surface area contributed by atoms with Crippen molar-refractivity contribution < 1.29 is 9.90 Å². The lowest BCUT2D eigenvalue weighted by atomic mass is 10.1. The molecule has 0 amide bonds. The molecule has 0 aliphatic heterocycles. The van der Waals surface area contributed by atoms with Crippen molar-refractivity contribution in [1.82, 2.24) is 9.78 Å². The third kappa shape index (κ3) is 2.91. The highest BCUT2D eigenvalue weighted by atomic mass is 79.9. The number of carboxylic acid groups (broad SMARTS) is 1. The van der Waals surface area contributed by atoms with Gasteiger partial charge in [0.25, 0.3) is 0 Å². The van der Waals surface area contributed by atoms with E-state index in [4.69, 9.17) is 11.6 Å². The summed E-state index contributed by atoms with van der Waals surface area (Å²) in [4.78, 5) is 11.2. The topological polar surface area (TPSA) is 55.1 Å². The first kappa shape index (κ1) is 14.8. The van der Waals surface area contributed by atoms with Crippen LogP contribution in [0.25, 0.3) is 16.8 Å². The monoisotopic (exact) mass is 376 g/mol. The molecule has 0 radical (unpaired) electrons. The van der Waals surface area contributed by atoms with Crippen LogP contribution in [-0.2, 0) is 0 Å². The molecule has 1 aromatic heterocycles. The van der Waals surface area contributed by atoms with Gasteiger partial charge in [0.15, 0.2) is 5.69 Å². The van der Waals surface area contributed by atoms with E-state index in [1.807, 2.05) is 48.5 Å². The minimum absolute atomic E-state index is 0.103. The molecule has 0 unspecified atom stereocenters. The highest BCUT2D eigenvalue weighted by Gasteiger charge is 2.14. The van der Waals surface area contributed by atoms with Crippen molar-refractivity contribution in [3.05, 3.63) is 69.9 Å². The lowest BCUT2D eigenvalue weighted by Gasteiger charge is -2.06. The highest BCUT2D eigenvalue weighted by Crippen LogP contribution is 2.24. The Morgan fingerprint density at radius 3 is 2.14 bits per heavy atom. The molecule has 0 atom stereocenters. The van der Waals surface area contributed by atoms with Crippen molar-refractivity contribution in [1.29, 1.82) is 0 Å². The maximum atomic E-state index is 11.2. The maximum Gasteiger partial charge on any atom is 0.354 e. The number of aromatic nitrogens is 2. The van der Waals surface area contributed by atoms with Gasteiger partial charge in [0.05, 0.1) is 5.69 Å². The Kier molecular flexibility index (Phi) is 4.00. The Morgan fingerprint density at radius 1 is 1.05 bits per heavy atom. The van der Waals surface area contributed by atoms with Crippen molar-refractivity contribution >= 4 is 33.5 Å². The number of carboxylic acids is 1. The summed E-state index contributed by atoms with van der Waals surface area (Å²) in [6.07, 6.45) is 0. The zero-order valence-electron chi connectivity index (χ0n) is 11.2. The maximum absolute atomic E-state index is 11.2. The van der Waals surface area contributed by atoms with Crippen LogP contribution >= 0.6 is 27.5 Å². The van der Waals surface area contributed by atoms with E-state index in [1.54, 1.807) is 0 Å². The average molecular weight is 378 g/mol. The van der Waals surface area contributed by atoms with Crippen LogP contribution in [0.4, 0.5) is 0 Å². The zero-order valence-corrected chi connectivity index (χ0v) is 13.5. The predicted octanol–water partition coefficient (Wildman–Crippen LogP) is 4.65. The standard InChI is InChI=1S/C16H10BrClN2O2/c17-15-9-14(16(21)22)20(19-15)13-7-3-11(4-8-13)10-1-5-12(18)6-2-10/h1-9H,(H,21,22). The predicted molar refractivity (Wildman–Crippen MR) is 88.7 cm³/mol. The van der Waals surface area contributed by atoms with Crippen LogP contribution in [0.2, 0.25) is 5.02 Å². The third-order valence-corrected chi connectivity index (χ3v) is 3.83. The molecule has 1 N–H and O–H groups in total. The van der Waals surface area contributed by atoms with E-state index in [0.717, 1.165) is 11.1 Å². The van der Waals surface area contributed by atoms with Gasteiger partial charge in [-0.1, -0.05) is 35.9 Å². The molecule has 22 heavy (non-hydrogen) atoms. The number of halogens is 2. The summed E-state index contributed by atoms with van der Waals surface area (Å²) in [6.45, 7) is 0. The van der Waals surface area contributed by atoms with Crippen LogP contribution in [0, 0.1) is 0 Å². The molecule has 0 aliphatic rings. The van der Waals surface area contributed by atoms with E-state index in [9.17, 15) is 9.90 Å². The van der Waals surface area contributed by atoms with Crippen molar-refractivity contribution in [2.75, 3.05) is 0 Å². The molecule has 1 heterocycles. The van der Waals surface area contributed by atoms with E-state index >= 15 is 0 Å². The third-order valence-electron chi connectivity index (χ3n) is 3.19. The fraction of sp³-hybridized carbons (Fsp3) is 0. The van der Waals surface area contributed by atoms with Gasteiger partial charge in [0.1, 0.15) is 4.60 Å². The Morgan fingerprint density at radius 2 is 1.59 bits per heavy atom. The second-order valence-electron chi connectivity index (χ2n) is 4.62. The average Bonchev–Trinajstić information content (AvgIpc) is 2.90. The smallest absolute Gasteiger partial charge is 0.354 e. The normalized spacial score (nSPS) is 10.6. The Balaban J connectivity index is 1.98. The van der Waals surface area contributed by atoms with Gasteiger partial charge >= 0.3 is 5.97 Å². The van der Waals surface area contributed by atoms with Gasteiger partial charge in [-0.25, -0.2) is 9.48 Å². The lowest BCUT2D eigenvalue weighted by molar-refractivity contribution is 0.0687. The molecule has 0 bridgehead atoms. The minimum atomic E-state index is -1.03. The summed E-state index contributed by atoms with van der Waals surface area (Å²) >= 11 is 9.08. The summed E-state index contributed by atoms with van der Waals surface area (Å²) in [6, 6.07) is 16.5. The molecule has 6 heteroatoms. The van der Waals surface area contributed by atoms with Crippen LogP contribution < -0.4 is 0 Å². The SMILES string of the molecule is O=C(O)c1cc(Br)nn1-c1ccc(-c2ccc(Cl)cc2)cc1. The summed E-state index contributed by atoms with van der Waals surface area (Å²) in [5.74, 6) is -1.03. The van der Waals surface area contributed by atoms with Crippen LogP contribution in [-0.4, -0.2) is 20.9 Å². The Hall–Kier alpha value is -2.11. The van der Waals surface area contributed by atoms with Gasteiger partial charge in [-0.2, -0.15) is 5.10 Å². The van der Waals surface area contributed by atoms with Gasteiger partial charge in [-0.3, -0.25) is 0 Å². The number of benzene rings is 2. The first-order chi connectivity index (χ1) is 10.5. The van der Waals surface area contributed by atoms with Crippen molar-refractivity contribution in [2.45, 2.75) is 0 Å². The molecular weight excluding hydrogens is 368 g/mol. The van der Waals surface area contributed by atoms with Gasteiger partial charge in [0.2, 0.25) is 0 Å². The van der Waals surface area contributed by atoms with Crippen molar-refractivity contribution in [3.8, 4) is 16.8 Å². The molecule has 3 aromatic rings. The van der Waals surface area contributed by atoms with Crippen LogP contribution in [0.1, 0.15) is 10.5 Å². The molecule has 2 aromatic carbocycles. The first-order valence-electron chi connectivity index (χ1n) is 6.40. The zero-order chi connectivity index (χ0) is 15.7. The summed E-state index contributed by atoms with van der Waals surface area (Å²) < 4.78 is 1.87. The van der Waals surface area contributed by atoms with Crippen molar-refractivity contribution in [3.63, 3.8) is 0 Å². The van der Waals surface area contributed by atoms with E-state index in [1.165, 1.54) is 10.7 Å². The number of rotatable bonds is 3. The number of aromatic carboxylic acids is 1. The van der Waals surface area contributed by atoms with Crippen molar-refractivity contribution in [2.24, 2.45) is 0 Å². The molecule has 0 saturated carbocycles. The molecule has 0 fully saturated rings. The van der Waals surface area contributed by atoms with Gasteiger partial charge < -0.3 is 5.11 Å². The molecule has 110 valence electrons. The Labute approximate surface area is 140 Å². The number of hydrogen-bond acceptors (Lipinski definition) is 2. The summed E-state index contributed by atoms with van der Waals surface area (Å²) in [5, 5.41) is 14.0. The Bertz CT molecular complexity index is 826. The number of carbonyl (C=O) groups is 1. The van der Waals surface area contributed by atoms with E-state index in [2.05, 4.69) is 21.0 Å². The fourth-order valence-electron chi connectivity index (χ4n) is 2.14. The van der Waals surface area contributed by atoms with Gasteiger partial charge in [0, 0.05) is 11.1 Å².